The van der Waals surface area contributed by atoms with Gasteiger partial charge in [0, 0.05) is 5.56 Å². The molecule has 0 aromatic heterocycles. The fourth-order valence-electron chi connectivity index (χ4n) is 2.58. The molecule has 0 bridgehead atoms. The lowest BCUT2D eigenvalue weighted by Gasteiger charge is -2.26. The number of methoxy groups -OCH3 is 1. The molecular weight excluding hydrogens is 280 g/mol. The molecular formula is C17H27N2O3+. The highest BCUT2D eigenvalue weighted by Crippen LogP contribution is 2.34. The molecule has 2 rings (SSSR count). The van der Waals surface area contributed by atoms with Crippen molar-refractivity contribution >= 4 is 5.91 Å². The molecule has 0 spiro atoms. The van der Waals surface area contributed by atoms with Crippen molar-refractivity contribution in [3.63, 3.8) is 0 Å². The Hall–Kier alpha value is -1.75. The average Bonchev–Trinajstić information content (AvgIpc) is 2.52. The standard InChI is InChI=1S/C17H26N2O3/c1-17(2,3)14-11-13(21-4)5-6-15(14)22-12-16(20)19-9-7-18-8-10-19/h5-6,11,18H,7-10,12H2,1-4H3/p+1. The molecule has 1 saturated heterocycles. The number of carbonyl (C=O) groups is 1. The smallest absolute Gasteiger partial charge is 0.260 e. The van der Waals surface area contributed by atoms with Gasteiger partial charge in [-0.15, -0.1) is 0 Å². The first-order chi connectivity index (χ1) is 10.4. The molecule has 1 aromatic carbocycles. The third-order valence-electron chi connectivity index (χ3n) is 3.90. The van der Waals surface area contributed by atoms with Crippen LogP contribution in [0.1, 0.15) is 26.3 Å². The predicted molar refractivity (Wildman–Crippen MR) is 85.4 cm³/mol. The first-order valence-electron chi connectivity index (χ1n) is 7.82. The number of nitrogens with zero attached hydrogens (tertiary/aromatic N) is 1. The van der Waals surface area contributed by atoms with Crippen molar-refractivity contribution < 1.29 is 19.6 Å². The Kier molecular flexibility index (Phi) is 5.29. The van der Waals surface area contributed by atoms with Crippen LogP contribution in [0.25, 0.3) is 0 Å². The molecule has 1 fully saturated rings. The van der Waals surface area contributed by atoms with Gasteiger partial charge >= 0.3 is 0 Å². The van der Waals surface area contributed by atoms with Gasteiger partial charge in [-0.25, -0.2) is 0 Å². The van der Waals surface area contributed by atoms with E-state index in [9.17, 15) is 4.79 Å². The topological polar surface area (TPSA) is 55.4 Å². The van der Waals surface area contributed by atoms with Crippen molar-refractivity contribution in [3.05, 3.63) is 23.8 Å². The third kappa shape index (κ3) is 4.13. The van der Waals surface area contributed by atoms with E-state index in [0.29, 0.717) is 0 Å². The summed E-state index contributed by atoms with van der Waals surface area (Å²) in [5, 5.41) is 2.23. The number of hydrogen-bond acceptors (Lipinski definition) is 3. The number of amides is 1. The molecule has 22 heavy (non-hydrogen) atoms. The maximum atomic E-state index is 12.2. The minimum absolute atomic E-state index is 0.0591. The van der Waals surface area contributed by atoms with Gasteiger partial charge in [0.2, 0.25) is 0 Å². The van der Waals surface area contributed by atoms with Crippen LogP contribution in [-0.4, -0.2) is 50.7 Å². The molecule has 0 saturated carbocycles. The van der Waals surface area contributed by atoms with Crippen LogP contribution < -0.4 is 14.8 Å². The molecule has 0 radical (unpaired) electrons. The Balaban J connectivity index is 2.07. The summed E-state index contributed by atoms with van der Waals surface area (Å²) in [5.41, 5.74) is 0.971. The monoisotopic (exact) mass is 307 g/mol. The van der Waals surface area contributed by atoms with Gasteiger partial charge in [-0.05, 0) is 23.6 Å². The molecule has 1 amide bonds. The maximum Gasteiger partial charge on any atom is 0.260 e. The molecule has 1 heterocycles. The Labute approximate surface area is 132 Å². The van der Waals surface area contributed by atoms with Gasteiger partial charge in [0.1, 0.15) is 11.5 Å². The number of nitrogens with two attached hydrogens (primary N) is 1. The molecule has 0 aliphatic carbocycles. The van der Waals surface area contributed by atoms with Crippen LogP contribution in [0.15, 0.2) is 18.2 Å². The van der Waals surface area contributed by atoms with E-state index in [1.54, 1.807) is 7.11 Å². The van der Waals surface area contributed by atoms with Crippen molar-refractivity contribution in [2.75, 3.05) is 39.9 Å². The number of hydrogen-bond donors (Lipinski definition) is 1. The predicted octanol–water partition coefficient (Wildman–Crippen LogP) is 0.777. The van der Waals surface area contributed by atoms with Crippen LogP contribution in [0, 0.1) is 0 Å². The van der Waals surface area contributed by atoms with E-state index in [4.69, 9.17) is 9.47 Å². The van der Waals surface area contributed by atoms with Gasteiger partial charge < -0.3 is 19.7 Å². The van der Waals surface area contributed by atoms with Gasteiger partial charge in [-0.3, -0.25) is 4.79 Å². The molecule has 0 unspecified atom stereocenters. The second kappa shape index (κ2) is 7.01. The molecule has 2 N–H and O–H groups in total. The molecule has 1 aliphatic heterocycles. The second-order valence-corrected chi connectivity index (χ2v) is 6.65. The van der Waals surface area contributed by atoms with E-state index < -0.39 is 0 Å². The van der Waals surface area contributed by atoms with Crippen molar-refractivity contribution in [1.29, 1.82) is 0 Å². The molecule has 1 aromatic rings. The van der Waals surface area contributed by atoms with E-state index >= 15 is 0 Å². The fourth-order valence-corrected chi connectivity index (χ4v) is 2.58. The van der Waals surface area contributed by atoms with E-state index in [1.165, 1.54) is 0 Å². The van der Waals surface area contributed by atoms with Crippen LogP contribution in [0.3, 0.4) is 0 Å². The maximum absolute atomic E-state index is 12.2. The van der Waals surface area contributed by atoms with Gasteiger partial charge in [-0.1, -0.05) is 20.8 Å². The van der Waals surface area contributed by atoms with Crippen molar-refractivity contribution in [1.82, 2.24) is 4.90 Å². The molecule has 5 heteroatoms. The number of quaternary nitrogens is 1. The summed E-state index contributed by atoms with van der Waals surface area (Å²) in [5.74, 6) is 1.61. The zero-order valence-electron chi connectivity index (χ0n) is 14.0. The number of piperazine rings is 1. The van der Waals surface area contributed by atoms with Crippen LogP contribution >= 0.6 is 0 Å². The second-order valence-electron chi connectivity index (χ2n) is 6.65. The molecule has 1 aliphatic rings. The Morgan fingerprint density at radius 3 is 2.55 bits per heavy atom. The van der Waals surface area contributed by atoms with Crippen LogP contribution in [0.5, 0.6) is 11.5 Å². The van der Waals surface area contributed by atoms with Gasteiger partial charge in [0.15, 0.2) is 6.61 Å². The fraction of sp³-hybridized carbons (Fsp3) is 0.588. The summed E-state index contributed by atoms with van der Waals surface area (Å²) >= 11 is 0. The zero-order valence-corrected chi connectivity index (χ0v) is 14.0. The number of rotatable bonds is 4. The lowest BCUT2D eigenvalue weighted by molar-refractivity contribution is -0.662. The highest BCUT2D eigenvalue weighted by molar-refractivity contribution is 5.77. The van der Waals surface area contributed by atoms with Crippen LogP contribution in [0.4, 0.5) is 0 Å². The molecule has 5 nitrogen and oxygen atoms in total. The first kappa shape index (κ1) is 16.6. The molecule has 0 atom stereocenters. The largest absolute Gasteiger partial charge is 0.497 e. The van der Waals surface area contributed by atoms with Crippen LogP contribution in [0.2, 0.25) is 0 Å². The van der Waals surface area contributed by atoms with Crippen molar-refractivity contribution in [2.45, 2.75) is 26.2 Å². The van der Waals surface area contributed by atoms with Gasteiger partial charge in [-0.2, -0.15) is 0 Å². The number of benzene rings is 1. The van der Waals surface area contributed by atoms with Crippen LogP contribution in [-0.2, 0) is 10.2 Å². The quantitative estimate of drug-likeness (QED) is 0.894. The lowest BCUT2D eigenvalue weighted by atomic mass is 9.86. The SMILES string of the molecule is COc1ccc(OCC(=O)N2CC[NH2+]CC2)c(C(C)(C)C)c1. The first-order valence-corrected chi connectivity index (χ1v) is 7.82. The van der Waals surface area contributed by atoms with Gasteiger partial charge in [0.05, 0.1) is 33.3 Å². The minimum Gasteiger partial charge on any atom is -0.497 e. The van der Waals surface area contributed by atoms with E-state index in [2.05, 4.69) is 26.1 Å². The lowest BCUT2D eigenvalue weighted by Crippen LogP contribution is -2.90. The van der Waals surface area contributed by atoms with Gasteiger partial charge in [0.25, 0.3) is 5.91 Å². The zero-order chi connectivity index (χ0) is 16.2. The molecule has 122 valence electrons. The highest BCUT2D eigenvalue weighted by atomic mass is 16.5. The Morgan fingerprint density at radius 1 is 1.27 bits per heavy atom. The van der Waals surface area contributed by atoms with Crippen molar-refractivity contribution in [2.24, 2.45) is 0 Å². The Morgan fingerprint density at radius 2 is 1.95 bits per heavy atom. The van der Waals surface area contributed by atoms with E-state index in [0.717, 1.165) is 43.2 Å². The number of carbonyl (C=O) groups excluding carboxylic acids is 1. The van der Waals surface area contributed by atoms with E-state index in [-0.39, 0.29) is 17.9 Å². The normalized spacial score (nSPS) is 15.5. The highest BCUT2D eigenvalue weighted by Gasteiger charge is 2.22. The number of ether oxygens (including phenoxy) is 2. The summed E-state index contributed by atoms with van der Waals surface area (Å²) in [6.07, 6.45) is 0. The summed E-state index contributed by atoms with van der Waals surface area (Å²) < 4.78 is 11.1. The summed E-state index contributed by atoms with van der Waals surface area (Å²) in [4.78, 5) is 14.1. The summed E-state index contributed by atoms with van der Waals surface area (Å²) in [7, 11) is 1.65. The van der Waals surface area contributed by atoms with E-state index in [1.807, 2.05) is 23.1 Å². The average molecular weight is 307 g/mol. The third-order valence-corrected chi connectivity index (χ3v) is 3.90. The summed E-state index contributed by atoms with van der Waals surface area (Å²) in [6, 6.07) is 5.73. The minimum atomic E-state index is -0.0764. The summed E-state index contributed by atoms with van der Waals surface area (Å²) in [6.45, 7) is 10.0. The van der Waals surface area contributed by atoms with Crippen molar-refractivity contribution in [3.8, 4) is 11.5 Å². The Bertz CT molecular complexity index is 517.